The van der Waals surface area contributed by atoms with Crippen molar-refractivity contribution in [3.05, 3.63) is 70.5 Å². The summed E-state index contributed by atoms with van der Waals surface area (Å²) in [6.45, 7) is 1.68. The molecule has 0 aliphatic carbocycles. The van der Waals surface area contributed by atoms with Gasteiger partial charge in [0, 0.05) is 12.1 Å². The number of hydrogen-bond donors (Lipinski definition) is 1. The monoisotopic (exact) mass is 279 g/mol. The van der Waals surface area contributed by atoms with Gasteiger partial charge in [0.25, 0.3) is 5.91 Å². The molecule has 2 nitrogen and oxygen atoms in total. The highest BCUT2D eigenvalue weighted by Gasteiger charge is 2.10. The Morgan fingerprint density at radius 2 is 1.80 bits per heavy atom. The molecule has 0 saturated carbocycles. The third-order valence-electron chi connectivity index (χ3n) is 2.87. The van der Waals surface area contributed by atoms with Gasteiger partial charge in [-0.05, 0) is 48.4 Å². The fourth-order valence-electron chi connectivity index (χ4n) is 1.81. The van der Waals surface area contributed by atoms with Crippen LogP contribution in [-0.2, 0) is 6.54 Å². The van der Waals surface area contributed by atoms with E-state index < -0.39 is 23.4 Å². The second-order valence-electron chi connectivity index (χ2n) is 4.39. The molecule has 2 aromatic rings. The summed E-state index contributed by atoms with van der Waals surface area (Å²) in [6, 6.07) is 7.24. The van der Waals surface area contributed by atoms with E-state index in [-0.39, 0.29) is 6.54 Å². The first-order valence-corrected chi connectivity index (χ1v) is 5.95. The van der Waals surface area contributed by atoms with Crippen molar-refractivity contribution in [2.24, 2.45) is 0 Å². The number of aryl methyl sites for hydroxylation is 1. The summed E-state index contributed by atoms with van der Waals surface area (Å²) in [5, 5.41) is 2.57. The van der Waals surface area contributed by atoms with Crippen LogP contribution in [0.25, 0.3) is 0 Å². The predicted octanol–water partition coefficient (Wildman–Crippen LogP) is 3.34. The summed E-state index contributed by atoms with van der Waals surface area (Å²) in [6.07, 6.45) is 0. The van der Waals surface area contributed by atoms with Gasteiger partial charge in [-0.15, -0.1) is 0 Å². The molecule has 2 rings (SSSR count). The highest BCUT2D eigenvalue weighted by atomic mass is 19.2. The number of nitrogens with one attached hydrogen (secondary N) is 1. The SMILES string of the molecule is Cc1cc(F)ccc1C(=O)NCc1ccc(F)c(F)c1. The highest BCUT2D eigenvalue weighted by molar-refractivity contribution is 5.95. The van der Waals surface area contributed by atoms with Crippen LogP contribution in [0.4, 0.5) is 13.2 Å². The fraction of sp³-hybridized carbons (Fsp3) is 0.133. The maximum absolute atomic E-state index is 13.0. The molecule has 0 heterocycles. The molecule has 104 valence electrons. The number of benzene rings is 2. The van der Waals surface area contributed by atoms with Crippen molar-refractivity contribution < 1.29 is 18.0 Å². The summed E-state index contributed by atoms with van der Waals surface area (Å²) < 4.78 is 38.7. The first kappa shape index (κ1) is 14.1. The average molecular weight is 279 g/mol. The van der Waals surface area contributed by atoms with Gasteiger partial charge in [0.2, 0.25) is 0 Å². The lowest BCUT2D eigenvalue weighted by Gasteiger charge is -2.08. The molecule has 20 heavy (non-hydrogen) atoms. The lowest BCUT2D eigenvalue weighted by atomic mass is 10.1. The number of halogens is 3. The zero-order valence-corrected chi connectivity index (χ0v) is 10.7. The van der Waals surface area contributed by atoms with Gasteiger partial charge in [-0.2, -0.15) is 0 Å². The van der Waals surface area contributed by atoms with Crippen LogP contribution in [0.15, 0.2) is 36.4 Å². The highest BCUT2D eigenvalue weighted by Crippen LogP contribution is 2.11. The van der Waals surface area contributed by atoms with Crippen LogP contribution in [0.3, 0.4) is 0 Å². The van der Waals surface area contributed by atoms with Gasteiger partial charge in [-0.1, -0.05) is 6.07 Å². The molecule has 0 bridgehead atoms. The summed E-state index contributed by atoms with van der Waals surface area (Å²) in [5.41, 5.74) is 1.29. The first-order valence-electron chi connectivity index (χ1n) is 5.95. The molecule has 0 aromatic heterocycles. The Labute approximate surface area is 114 Å². The van der Waals surface area contributed by atoms with E-state index in [2.05, 4.69) is 5.32 Å². The van der Waals surface area contributed by atoms with Crippen LogP contribution in [0, 0.1) is 24.4 Å². The van der Waals surface area contributed by atoms with E-state index in [0.717, 1.165) is 12.1 Å². The molecule has 5 heteroatoms. The quantitative estimate of drug-likeness (QED) is 0.917. The number of hydrogen-bond acceptors (Lipinski definition) is 1. The molecule has 1 N–H and O–H groups in total. The Morgan fingerprint density at radius 3 is 2.45 bits per heavy atom. The Hall–Kier alpha value is -2.30. The lowest BCUT2D eigenvalue weighted by Crippen LogP contribution is -2.23. The molecule has 0 spiro atoms. The molecule has 0 aliphatic heterocycles. The second-order valence-corrected chi connectivity index (χ2v) is 4.39. The Balaban J connectivity index is 2.06. The summed E-state index contributed by atoms with van der Waals surface area (Å²) in [7, 11) is 0. The van der Waals surface area contributed by atoms with E-state index >= 15 is 0 Å². The molecule has 0 atom stereocenters. The van der Waals surface area contributed by atoms with Crippen LogP contribution >= 0.6 is 0 Å². The van der Waals surface area contributed by atoms with Crippen molar-refractivity contribution >= 4 is 5.91 Å². The summed E-state index contributed by atoms with van der Waals surface area (Å²) in [5.74, 6) is -2.71. The van der Waals surface area contributed by atoms with Crippen LogP contribution in [0.5, 0.6) is 0 Å². The lowest BCUT2D eigenvalue weighted by molar-refractivity contribution is 0.0950. The molecular formula is C15H12F3NO. The molecule has 0 saturated heterocycles. The predicted molar refractivity (Wildman–Crippen MR) is 68.7 cm³/mol. The average Bonchev–Trinajstić information content (AvgIpc) is 2.40. The van der Waals surface area contributed by atoms with Gasteiger partial charge in [0.05, 0.1) is 0 Å². The largest absolute Gasteiger partial charge is 0.348 e. The third kappa shape index (κ3) is 3.17. The van der Waals surface area contributed by atoms with Crippen molar-refractivity contribution in [2.45, 2.75) is 13.5 Å². The topological polar surface area (TPSA) is 29.1 Å². The zero-order valence-electron chi connectivity index (χ0n) is 10.7. The van der Waals surface area contributed by atoms with Gasteiger partial charge in [-0.25, -0.2) is 13.2 Å². The number of carbonyl (C=O) groups is 1. The van der Waals surface area contributed by atoms with Gasteiger partial charge in [0.15, 0.2) is 11.6 Å². The van der Waals surface area contributed by atoms with E-state index in [1.165, 1.54) is 24.3 Å². The smallest absolute Gasteiger partial charge is 0.251 e. The molecule has 0 aliphatic rings. The van der Waals surface area contributed by atoms with Crippen molar-refractivity contribution in [3.8, 4) is 0 Å². The van der Waals surface area contributed by atoms with E-state index in [1.807, 2.05) is 0 Å². The third-order valence-corrected chi connectivity index (χ3v) is 2.87. The van der Waals surface area contributed by atoms with E-state index in [1.54, 1.807) is 6.92 Å². The molecule has 2 aromatic carbocycles. The minimum absolute atomic E-state index is 0.0624. The normalized spacial score (nSPS) is 10.4. The molecule has 0 fully saturated rings. The van der Waals surface area contributed by atoms with Crippen molar-refractivity contribution in [1.29, 1.82) is 0 Å². The summed E-state index contributed by atoms with van der Waals surface area (Å²) >= 11 is 0. The summed E-state index contributed by atoms with van der Waals surface area (Å²) in [4.78, 5) is 11.9. The Kier molecular flexibility index (Phi) is 4.08. The molecule has 1 amide bonds. The number of rotatable bonds is 3. The zero-order chi connectivity index (χ0) is 14.7. The van der Waals surface area contributed by atoms with E-state index in [0.29, 0.717) is 16.7 Å². The first-order chi connectivity index (χ1) is 9.47. The molecule has 0 radical (unpaired) electrons. The number of amides is 1. The Morgan fingerprint density at radius 1 is 1.05 bits per heavy atom. The minimum atomic E-state index is -0.963. The van der Waals surface area contributed by atoms with Crippen LogP contribution in [0.1, 0.15) is 21.5 Å². The van der Waals surface area contributed by atoms with E-state index in [4.69, 9.17) is 0 Å². The van der Waals surface area contributed by atoms with Crippen LogP contribution in [0.2, 0.25) is 0 Å². The second kappa shape index (κ2) is 5.77. The van der Waals surface area contributed by atoms with Crippen LogP contribution < -0.4 is 5.32 Å². The van der Waals surface area contributed by atoms with Crippen molar-refractivity contribution in [1.82, 2.24) is 5.32 Å². The van der Waals surface area contributed by atoms with Gasteiger partial charge >= 0.3 is 0 Å². The molecule has 0 unspecified atom stereocenters. The van der Waals surface area contributed by atoms with Crippen molar-refractivity contribution in [3.63, 3.8) is 0 Å². The fourth-order valence-corrected chi connectivity index (χ4v) is 1.81. The molecular weight excluding hydrogens is 267 g/mol. The van der Waals surface area contributed by atoms with E-state index in [9.17, 15) is 18.0 Å². The minimum Gasteiger partial charge on any atom is -0.348 e. The van der Waals surface area contributed by atoms with Gasteiger partial charge < -0.3 is 5.32 Å². The maximum Gasteiger partial charge on any atom is 0.251 e. The maximum atomic E-state index is 13.0. The van der Waals surface area contributed by atoms with Crippen LogP contribution in [-0.4, -0.2) is 5.91 Å². The Bertz CT molecular complexity index is 656. The standard InChI is InChI=1S/C15H12F3NO/c1-9-6-11(16)3-4-12(9)15(20)19-8-10-2-5-13(17)14(18)7-10/h2-7H,8H2,1H3,(H,19,20). The van der Waals surface area contributed by atoms with Gasteiger partial charge in [-0.3, -0.25) is 4.79 Å². The van der Waals surface area contributed by atoms with Gasteiger partial charge in [0.1, 0.15) is 5.82 Å². The number of carbonyl (C=O) groups excluding carboxylic acids is 1. The van der Waals surface area contributed by atoms with Crippen molar-refractivity contribution in [2.75, 3.05) is 0 Å².